The Kier molecular flexibility index (Phi) is 5.79. The summed E-state index contributed by atoms with van der Waals surface area (Å²) in [4.78, 5) is 16.5. The third-order valence-corrected chi connectivity index (χ3v) is 3.70. The van der Waals surface area contributed by atoms with E-state index in [4.69, 9.17) is 5.73 Å². The topological polar surface area (TPSA) is 84.8 Å². The van der Waals surface area contributed by atoms with Crippen LogP contribution in [-0.4, -0.2) is 35.8 Å². The first-order chi connectivity index (χ1) is 9.15. The highest BCUT2D eigenvalue weighted by Gasteiger charge is 2.36. The molecule has 1 aliphatic heterocycles. The van der Waals surface area contributed by atoms with E-state index in [1.807, 2.05) is 18.7 Å². The molecule has 6 heteroatoms. The maximum absolute atomic E-state index is 10.9. The van der Waals surface area contributed by atoms with Crippen molar-refractivity contribution in [2.45, 2.75) is 33.1 Å². The van der Waals surface area contributed by atoms with E-state index in [9.17, 15) is 10.1 Å². The van der Waals surface area contributed by atoms with Gasteiger partial charge in [0, 0.05) is 20.1 Å². The number of hydrogen-bond acceptors (Lipinski definition) is 4. The maximum Gasteiger partial charge on any atom is 0.326 e. The van der Waals surface area contributed by atoms with E-state index in [1.54, 1.807) is 7.05 Å². The lowest BCUT2D eigenvalue weighted by Gasteiger charge is -2.32. The molecule has 1 saturated heterocycles. The van der Waals surface area contributed by atoms with Crippen molar-refractivity contribution in [2.24, 2.45) is 22.6 Å². The molecular formula is C13H24N4O2. The van der Waals surface area contributed by atoms with Crippen molar-refractivity contribution in [3.05, 3.63) is 22.0 Å². The van der Waals surface area contributed by atoms with Gasteiger partial charge in [-0.1, -0.05) is 13.8 Å². The number of rotatable bonds is 2. The van der Waals surface area contributed by atoms with Crippen molar-refractivity contribution < 1.29 is 4.92 Å². The van der Waals surface area contributed by atoms with E-state index in [-0.39, 0.29) is 5.70 Å². The summed E-state index contributed by atoms with van der Waals surface area (Å²) in [5.41, 5.74) is 5.24. The highest BCUT2D eigenvalue weighted by Crippen LogP contribution is 2.36. The standard InChI is InChI=1S/C11H18N4O2.C2H6/c1-13-11(10(5-12)15(16)17)14-6-8-2-3-9(4-8)7-14;1-2/h5,8-9H,2-4,6-7,12H2,1H3;1-2H3/b10-5+,13-11?;. The van der Waals surface area contributed by atoms with Crippen LogP contribution in [-0.2, 0) is 0 Å². The Hall–Kier alpha value is -1.59. The quantitative estimate of drug-likeness (QED) is 0.358. The van der Waals surface area contributed by atoms with Crippen LogP contribution in [0, 0.1) is 22.0 Å². The second-order valence-electron chi connectivity index (χ2n) is 4.81. The van der Waals surface area contributed by atoms with Crippen LogP contribution in [0.25, 0.3) is 0 Å². The summed E-state index contributed by atoms with van der Waals surface area (Å²) in [6, 6.07) is 0. The Bertz CT molecular complexity index is 367. The number of nitrogens with zero attached hydrogens (tertiary/aromatic N) is 3. The third-order valence-electron chi connectivity index (χ3n) is 3.70. The molecule has 2 atom stereocenters. The van der Waals surface area contributed by atoms with E-state index in [2.05, 4.69) is 4.99 Å². The van der Waals surface area contributed by atoms with E-state index in [1.165, 1.54) is 19.3 Å². The first-order valence-corrected chi connectivity index (χ1v) is 6.94. The number of aliphatic imine (C=N–C) groups is 1. The molecule has 1 heterocycles. The van der Waals surface area contributed by atoms with Crippen molar-refractivity contribution in [1.82, 2.24) is 4.90 Å². The van der Waals surface area contributed by atoms with E-state index in [0.29, 0.717) is 17.7 Å². The van der Waals surface area contributed by atoms with Gasteiger partial charge < -0.3 is 10.6 Å². The lowest BCUT2D eigenvalue weighted by Crippen LogP contribution is -2.42. The Labute approximate surface area is 114 Å². The number of fused-ring (bicyclic) bond motifs is 2. The molecule has 108 valence electrons. The summed E-state index contributed by atoms with van der Waals surface area (Å²) in [6.07, 6.45) is 4.77. The van der Waals surface area contributed by atoms with Crippen LogP contribution >= 0.6 is 0 Å². The van der Waals surface area contributed by atoms with Crippen LogP contribution in [0.15, 0.2) is 16.9 Å². The zero-order valence-corrected chi connectivity index (χ0v) is 12.0. The fraction of sp³-hybridized carbons (Fsp3) is 0.769. The average molecular weight is 268 g/mol. The molecule has 0 spiro atoms. The minimum Gasteiger partial charge on any atom is -0.399 e. The molecule has 0 radical (unpaired) electrons. The zero-order chi connectivity index (χ0) is 14.4. The maximum atomic E-state index is 10.9. The molecule has 1 aliphatic carbocycles. The van der Waals surface area contributed by atoms with E-state index in [0.717, 1.165) is 19.3 Å². The van der Waals surface area contributed by atoms with Crippen LogP contribution in [0.2, 0.25) is 0 Å². The summed E-state index contributed by atoms with van der Waals surface area (Å²) in [7, 11) is 1.58. The van der Waals surface area contributed by atoms with Crippen LogP contribution < -0.4 is 5.73 Å². The molecule has 2 bridgehead atoms. The molecule has 6 nitrogen and oxygen atoms in total. The van der Waals surface area contributed by atoms with Gasteiger partial charge in [0.1, 0.15) is 0 Å². The van der Waals surface area contributed by atoms with Crippen molar-refractivity contribution in [3.8, 4) is 0 Å². The van der Waals surface area contributed by atoms with Gasteiger partial charge in [0.05, 0.1) is 11.1 Å². The van der Waals surface area contributed by atoms with Gasteiger partial charge in [0.15, 0.2) is 0 Å². The second kappa shape index (κ2) is 7.11. The Morgan fingerprint density at radius 2 is 1.89 bits per heavy atom. The van der Waals surface area contributed by atoms with Crippen LogP contribution in [0.3, 0.4) is 0 Å². The molecule has 0 amide bonds. The van der Waals surface area contributed by atoms with Crippen molar-refractivity contribution >= 4 is 5.84 Å². The van der Waals surface area contributed by atoms with Gasteiger partial charge in [-0.05, 0) is 31.1 Å². The van der Waals surface area contributed by atoms with Gasteiger partial charge in [0.2, 0.25) is 5.84 Å². The van der Waals surface area contributed by atoms with E-state index >= 15 is 0 Å². The molecule has 0 aromatic rings. The van der Waals surface area contributed by atoms with Gasteiger partial charge in [-0.2, -0.15) is 0 Å². The lowest BCUT2D eigenvalue weighted by atomic mass is 9.98. The number of nitro groups is 1. The summed E-state index contributed by atoms with van der Waals surface area (Å²) in [6.45, 7) is 5.74. The molecule has 1 saturated carbocycles. The molecule has 2 fully saturated rings. The number of hydrogen-bond donors (Lipinski definition) is 1. The third kappa shape index (κ3) is 3.45. The molecule has 2 aliphatic rings. The number of nitrogens with two attached hydrogens (primary N) is 1. The van der Waals surface area contributed by atoms with Crippen LogP contribution in [0.4, 0.5) is 0 Å². The van der Waals surface area contributed by atoms with E-state index < -0.39 is 4.92 Å². The van der Waals surface area contributed by atoms with Gasteiger partial charge >= 0.3 is 5.70 Å². The molecule has 0 aromatic carbocycles. The molecule has 2 N–H and O–H groups in total. The fourth-order valence-corrected chi connectivity index (χ4v) is 3.02. The van der Waals surface area contributed by atoms with Crippen LogP contribution in [0.1, 0.15) is 33.1 Å². The van der Waals surface area contributed by atoms with Gasteiger partial charge in [-0.15, -0.1) is 0 Å². The summed E-state index contributed by atoms with van der Waals surface area (Å²) in [5, 5.41) is 10.9. The average Bonchev–Trinajstić information content (AvgIpc) is 2.76. The number of likely N-dealkylation sites (tertiary alicyclic amines) is 1. The zero-order valence-electron chi connectivity index (χ0n) is 12.0. The SMILES string of the molecule is CC.CN=C(/C(=C\N)[N+](=O)[O-])N1CC2CCC(C2)C1. The summed E-state index contributed by atoms with van der Waals surface area (Å²) >= 11 is 0. The van der Waals surface area contributed by atoms with Gasteiger partial charge in [0.25, 0.3) is 0 Å². The fourth-order valence-electron chi connectivity index (χ4n) is 3.02. The minimum absolute atomic E-state index is 0.0891. The number of piperidine rings is 1. The second-order valence-corrected chi connectivity index (χ2v) is 4.81. The Balaban J connectivity index is 0.000000861. The highest BCUT2D eigenvalue weighted by atomic mass is 16.6. The Morgan fingerprint density at radius 1 is 1.37 bits per heavy atom. The van der Waals surface area contributed by atoms with Crippen LogP contribution in [0.5, 0.6) is 0 Å². The lowest BCUT2D eigenvalue weighted by molar-refractivity contribution is -0.416. The normalized spacial score (nSPS) is 26.8. The summed E-state index contributed by atoms with van der Waals surface area (Å²) < 4.78 is 0. The largest absolute Gasteiger partial charge is 0.399 e. The molecular weight excluding hydrogens is 244 g/mol. The Morgan fingerprint density at radius 3 is 2.26 bits per heavy atom. The monoisotopic (exact) mass is 268 g/mol. The van der Waals surface area contributed by atoms with Crippen molar-refractivity contribution in [1.29, 1.82) is 0 Å². The molecule has 2 unspecified atom stereocenters. The predicted octanol–water partition coefficient (Wildman–Crippen LogP) is 1.85. The molecule has 2 rings (SSSR count). The van der Waals surface area contributed by atoms with Crippen molar-refractivity contribution in [3.63, 3.8) is 0 Å². The molecule has 19 heavy (non-hydrogen) atoms. The smallest absolute Gasteiger partial charge is 0.326 e. The first kappa shape index (κ1) is 15.5. The minimum atomic E-state index is -0.459. The predicted molar refractivity (Wildman–Crippen MR) is 76.4 cm³/mol. The highest BCUT2D eigenvalue weighted by molar-refractivity contribution is 5.96. The van der Waals surface area contributed by atoms with Crippen molar-refractivity contribution in [2.75, 3.05) is 20.1 Å². The van der Waals surface area contributed by atoms with Gasteiger partial charge in [-0.25, -0.2) is 0 Å². The summed E-state index contributed by atoms with van der Waals surface area (Å²) in [5.74, 6) is 1.75. The first-order valence-electron chi connectivity index (χ1n) is 6.94. The van der Waals surface area contributed by atoms with Gasteiger partial charge in [-0.3, -0.25) is 15.1 Å². The molecule has 0 aromatic heterocycles. The number of amidine groups is 1.